The maximum absolute atomic E-state index is 12.2. The average molecular weight is 395 g/mol. The first kappa shape index (κ1) is 19.9. The second-order valence-electron chi connectivity index (χ2n) is 5.52. The highest BCUT2D eigenvalue weighted by atomic mass is 32.2. The Bertz CT molecular complexity index is 644. The number of aromatic nitrogens is 2. The third-order valence-electron chi connectivity index (χ3n) is 2.92. The van der Waals surface area contributed by atoms with E-state index in [1.807, 2.05) is 31.1 Å². The monoisotopic (exact) mass is 395 g/mol. The van der Waals surface area contributed by atoms with E-state index in [4.69, 9.17) is 4.42 Å². The normalized spacial score (nSPS) is 11.9. The molecule has 2 aromatic heterocycles. The van der Waals surface area contributed by atoms with Crippen LogP contribution in [-0.2, 0) is 12.3 Å². The lowest BCUT2D eigenvalue weighted by Gasteiger charge is -2.09. The molecule has 0 bridgehead atoms. The standard InChI is InChI=1S/C14H20F3N5OS2/c1-22(2)7-10-3-4-11(23-10)8-24-6-5-18-12-13(21-25-20-12)19-9-14(15,16)17/h3-4H,5-9H2,1-2H3,(H,18,20)(H,19,21). The van der Waals surface area contributed by atoms with Crippen LogP contribution in [0.5, 0.6) is 0 Å². The van der Waals surface area contributed by atoms with E-state index in [9.17, 15) is 13.2 Å². The molecule has 0 atom stereocenters. The van der Waals surface area contributed by atoms with Crippen LogP contribution >= 0.6 is 23.5 Å². The summed E-state index contributed by atoms with van der Waals surface area (Å²) in [4.78, 5) is 2.03. The van der Waals surface area contributed by atoms with Crippen LogP contribution in [0.1, 0.15) is 11.5 Å². The summed E-state index contributed by atoms with van der Waals surface area (Å²) in [5.74, 6) is 3.81. The van der Waals surface area contributed by atoms with E-state index in [-0.39, 0.29) is 5.82 Å². The maximum atomic E-state index is 12.2. The summed E-state index contributed by atoms with van der Waals surface area (Å²) in [6.07, 6.45) is -4.29. The summed E-state index contributed by atoms with van der Waals surface area (Å²) in [6.45, 7) is 0.203. The largest absolute Gasteiger partial charge is 0.464 e. The predicted molar refractivity (Wildman–Crippen MR) is 95.2 cm³/mol. The van der Waals surface area contributed by atoms with Gasteiger partial charge in [0.1, 0.15) is 18.1 Å². The van der Waals surface area contributed by atoms with Gasteiger partial charge in [-0.2, -0.15) is 33.7 Å². The Morgan fingerprint density at radius 1 is 1.16 bits per heavy atom. The second-order valence-corrected chi connectivity index (χ2v) is 7.15. The highest BCUT2D eigenvalue weighted by molar-refractivity contribution is 7.98. The zero-order valence-electron chi connectivity index (χ0n) is 13.9. The zero-order chi connectivity index (χ0) is 18.3. The topological polar surface area (TPSA) is 66.2 Å². The molecule has 0 unspecified atom stereocenters. The Balaban J connectivity index is 1.66. The van der Waals surface area contributed by atoms with Crippen molar-refractivity contribution in [2.24, 2.45) is 0 Å². The van der Waals surface area contributed by atoms with Gasteiger partial charge in [0.15, 0.2) is 11.6 Å². The molecular formula is C14H20F3N5OS2. The Morgan fingerprint density at radius 2 is 1.84 bits per heavy atom. The molecule has 25 heavy (non-hydrogen) atoms. The van der Waals surface area contributed by atoms with Crippen LogP contribution in [-0.4, -0.2) is 52.8 Å². The SMILES string of the molecule is CN(C)Cc1ccc(CSCCNc2nsnc2NCC(F)(F)F)o1. The highest BCUT2D eigenvalue weighted by Gasteiger charge is 2.27. The second kappa shape index (κ2) is 9.30. The smallest absolute Gasteiger partial charge is 0.405 e. The van der Waals surface area contributed by atoms with Crippen LogP contribution in [0.15, 0.2) is 16.5 Å². The fraction of sp³-hybridized carbons (Fsp3) is 0.571. The van der Waals surface area contributed by atoms with Gasteiger partial charge in [-0.3, -0.25) is 0 Å². The molecule has 0 saturated heterocycles. The molecule has 2 heterocycles. The van der Waals surface area contributed by atoms with Crippen molar-refractivity contribution < 1.29 is 17.6 Å². The van der Waals surface area contributed by atoms with Crippen LogP contribution in [0.4, 0.5) is 24.8 Å². The molecule has 0 aromatic carbocycles. The van der Waals surface area contributed by atoms with Gasteiger partial charge in [-0.1, -0.05) is 0 Å². The van der Waals surface area contributed by atoms with Crippen molar-refractivity contribution >= 4 is 35.1 Å². The van der Waals surface area contributed by atoms with Gasteiger partial charge in [-0.25, -0.2) is 0 Å². The molecule has 140 valence electrons. The van der Waals surface area contributed by atoms with Gasteiger partial charge in [0.2, 0.25) is 0 Å². The number of hydrogen-bond donors (Lipinski definition) is 2. The molecule has 0 amide bonds. The molecule has 0 aliphatic carbocycles. The number of alkyl halides is 3. The van der Waals surface area contributed by atoms with E-state index in [0.717, 1.165) is 41.3 Å². The summed E-state index contributed by atoms with van der Waals surface area (Å²) in [5.41, 5.74) is 0. The first-order valence-electron chi connectivity index (χ1n) is 7.50. The number of rotatable bonds is 10. The van der Waals surface area contributed by atoms with Crippen LogP contribution in [0.3, 0.4) is 0 Å². The van der Waals surface area contributed by atoms with Crippen molar-refractivity contribution in [3.8, 4) is 0 Å². The Labute approximate surface area is 152 Å². The molecule has 0 aliphatic rings. The van der Waals surface area contributed by atoms with Crippen LogP contribution in [0.2, 0.25) is 0 Å². The summed E-state index contributed by atoms with van der Waals surface area (Å²) >= 11 is 2.54. The third kappa shape index (κ3) is 7.53. The minimum absolute atomic E-state index is 0.131. The van der Waals surface area contributed by atoms with Crippen molar-refractivity contribution in [1.29, 1.82) is 0 Å². The lowest BCUT2D eigenvalue weighted by molar-refractivity contribution is -0.115. The first-order chi connectivity index (χ1) is 11.8. The molecule has 0 saturated carbocycles. The molecule has 0 fully saturated rings. The number of anilines is 2. The molecule has 2 rings (SSSR count). The summed E-state index contributed by atoms with van der Waals surface area (Å²) < 4.78 is 50.2. The van der Waals surface area contributed by atoms with Gasteiger partial charge in [0.25, 0.3) is 0 Å². The predicted octanol–water partition coefficient (Wildman–Crippen LogP) is 3.51. The molecule has 11 heteroatoms. The number of nitrogens with zero attached hydrogens (tertiary/aromatic N) is 3. The van der Waals surface area contributed by atoms with E-state index >= 15 is 0 Å². The van der Waals surface area contributed by atoms with Crippen LogP contribution in [0.25, 0.3) is 0 Å². The lowest BCUT2D eigenvalue weighted by Crippen LogP contribution is -2.22. The van der Waals surface area contributed by atoms with Crippen LogP contribution < -0.4 is 10.6 Å². The quantitative estimate of drug-likeness (QED) is 0.597. The van der Waals surface area contributed by atoms with Gasteiger partial charge in [0, 0.05) is 12.3 Å². The maximum Gasteiger partial charge on any atom is 0.405 e. The first-order valence-corrected chi connectivity index (χ1v) is 9.39. The van der Waals surface area contributed by atoms with Crippen molar-refractivity contribution in [3.05, 3.63) is 23.7 Å². The Morgan fingerprint density at radius 3 is 2.52 bits per heavy atom. The number of halogens is 3. The molecule has 0 radical (unpaired) electrons. The Hall–Kier alpha value is -1.46. The molecule has 2 aromatic rings. The van der Waals surface area contributed by atoms with Gasteiger partial charge in [-0.15, -0.1) is 0 Å². The van der Waals surface area contributed by atoms with Crippen molar-refractivity contribution in [1.82, 2.24) is 13.6 Å². The number of furan rings is 1. The van der Waals surface area contributed by atoms with E-state index in [1.54, 1.807) is 11.8 Å². The van der Waals surface area contributed by atoms with E-state index in [2.05, 4.69) is 19.4 Å². The van der Waals surface area contributed by atoms with E-state index in [0.29, 0.717) is 12.4 Å². The molecule has 6 nitrogen and oxygen atoms in total. The number of thioether (sulfide) groups is 1. The van der Waals surface area contributed by atoms with Crippen molar-refractivity contribution in [3.63, 3.8) is 0 Å². The minimum atomic E-state index is -4.29. The molecule has 0 spiro atoms. The summed E-state index contributed by atoms with van der Waals surface area (Å²) in [7, 11) is 3.96. The number of hydrogen-bond acceptors (Lipinski definition) is 8. The highest BCUT2D eigenvalue weighted by Crippen LogP contribution is 2.22. The van der Waals surface area contributed by atoms with Gasteiger partial charge >= 0.3 is 6.18 Å². The third-order valence-corrected chi connectivity index (χ3v) is 4.43. The van der Waals surface area contributed by atoms with Crippen LogP contribution in [0, 0.1) is 0 Å². The van der Waals surface area contributed by atoms with Gasteiger partial charge in [-0.05, 0) is 26.2 Å². The zero-order valence-corrected chi connectivity index (χ0v) is 15.5. The lowest BCUT2D eigenvalue weighted by atomic mass is 10.4. The van der Waals surface area contributed by atoms with E-state index < -0.39 is 12.7 Å². The molecule has 2 N–H and O–H groups in total. The number of nitrogens with one attached hydrogen (secondary N) is 2. The van der Waals surface area contributed by atoms with Gasteiger partial charge < -0.3 is 20.0 Å². The summed E-state index contributed by atoms with van der Waals surface area (Å²) in [5, 5.41) is 5.24. The fourth-order valence-corrected chi connectivity index (χ4v) is 3.17. The average Bonchev–Trinajstić information content (AvgIpc) is 3.13. The van der Waals surface area contributed by atoms with Crippen molar-refractivity contribution in [2.45, 2.75) is 18.5 Å². The fourth-order valence-electron chi connectivity index (χ4n) is 1.92. The molecule has 0 aliphatic heterocycles. The summed E-state index contributed by atoms with van der Waals surface area (Å²) in [6, 6.07) is 3.93. The Kier molecular flexibility index (Phi) is 7.38. The van der Waals surface area contributed by atoms with Crippen molar-refractivity contribution in [2.75, 3.05) is 43.6 Å². The minimum Gasteiger partial charge on any atom is -0.464 e. The molecular weight excluding hydrogens is 375 g/mol. The van der Waals surface area contributed by atoms with Gasteiger partial charge in [0.05, 0.1) is 24.0 Å². The van der Waals surface area contributed by atoms with E-state index in [1.165, 1.54) is 0 Å².